The van der Waals surface area contributed by atoms with Crippen LogP contribution in [-0.4, -0.2) is 76.6 Å². The first-order valence-electron chi connectivity index (χ1n) is 7.25. The molecule has 138 valence electrons. The van der Waals surface area contributed by atoms with Crippen molar-refractivity contribution < 1.29 is 36.7 Å². The largest absolute Gasteiger partial charge is 0.444 e. The van der Waals surface area contributed by atoms with Crippen molar-refractivity contribution in [3.05, 3.63) is 0 Å². The molecule has 23 heavy (non-hydrogen) atoms. The van der Waals surface area contributed by atoms with Crippen LogP contribution in [-0.2, 0) is 29.1 Å². The van der Waals surface area contributed by atoms with Crippen LogP contribution in [0, 0.1) is 0 Å². The van der Waals surface area contributed by atoms with Gasteiger partial charge in [-0.15, -0.1) is 0 Å². The lowest BCUT2D eigenvalue weighted by atomic mass is 10.2. The summed E-state index contributed by atoms with van der Waals surface area (Å²) in [6.07, 6.45) is -0.487. The van der Waals surface area contributed by atoms with Crippen molar-refractivity contribution in [2.24, 2.45) is 0 Å². The zero-order valence-corrected chi connectivity index (χ0v) is 14.7. The van der Waals surface area contributed by atoms with Crippen molar-refractivity contribution in [1.29, 1.82) is 0 Å². The summed E-state index contributed by atoms with van der Waals surface area (Å²) in [5.41, 5.74) is -0.526. The number of rotatable bonds is 12. The minimum atomic E-state index is -3.98. The van der Waals surface area contributed by atoms with E-state index in [0.717, 1.165) is 0 Å². The Morgan fingerprint density at radius 1 is 0.957 bits per heavy atom. The molecule has 10 heteroatoms. The summed E-state index contributed by atoms with van der Waals surface area (Å²) >= 11 is 0. The van der Waals surface area contributed by atoms with Crippen LogP contribution in [0.5, 0.6) is 0 Å². The molecule has 0 bridgehead atoms. The van der Waals surface area contributed by atoms with Crippen molar-refractivity contribution in [3.8, 4) is 0 Å². The van der Waals surface area contributed by atoms with Crippen molar-refractivity contribution in [2.75, 3.05) is 51.9 Å². The number of amides is 1. The molecule has 0 aliphatic carbocycles. The topological polar surface area (TPSA) is 120 Å². The van der Waals surface area contributed by atoms with Gasteiger partial charge >= 0.3 is 6.09 Å². The molecule has 0 atom stereocenters. The van der Waals surface area contributed by atoms with Crippen LogP contribution in [0.25, 0.3) is 0 Å². The lowest BCUT2D eigenvalue weighted by Gasteiger charge is -2.19. The second-order valence-corrected chi connectivity index (χ2v) is 7.12. The molecule has 0 unspecified atom stereocenters. The summed E-state index contributed by atoms with van der Waals surface area (Å²) < 4.78 is 49.7. The fraction of sp³-hybridized carbons (Fsp3) is 0.923. The average Bonchev–Trinajstić information content (AvgIpc) is 2.36. The van der Waals surface area contributed by atoms with Gasteiger partial charge in [-0.05, 0) is 20.8 Å². The first-order valence-corrected chi connectivity index (χ1v) is 8.86. The van der Waals surface area contributed by atoms with E-state index in [0.29, 0.717) is 33.0 Å². The number of hydrogen-bond donors (Lipinski definition) is 2. The molecule has 0 fully saturated rings. The monoisotopic (exact) mass is 357 g/mol. The first-order chi connectivity index (χ1) is 10.6. The Hall–Kier alpha value is -0.940. The molecule has 0 saturated heterocycles. The SMILES string of the molecule is CC(C)(C)OC(=O)NCCOCCOCCOCCS(=O)(=O)O. The van der Waals surface area contributed by atoms with Crippen molar-refractivity contribution in [1.82, 2.24) is 5.32 Å². The molecule has 0 aromatic carbocycles. The van der Waals surface area contributed by atoms with Gasteiger partial charge in [0.15, 0.2) is 0 Å². The molecule has 9 nitrogen and oxygen atoms in total. The molecule has 1 amide bonds. The number of hydrogen-bond acceptors (Lipinski definition) is 7. The van der Waals surface area contributed by atoms with Gasteiger partial charge in [-0.25, -0.2) is 4.79 Å². The molecule has 2 N–H and O–H groups in total. The number of carbonyl (C=O) groups excluding carboxylic acids is 1. The maximum atomic E-state index is 11.3. The van der Waals surface area contributed by atoms with Crippen LogP contribution < -0.4 is 5.32 Å². The predicted octanol–water partition coefficient (Wildman–Crippen LogP) is 0.449. The maximum absolute atomic E-state index is 11.3. The summed E-state index contributed by atoms with van der Waals surface area (Å²) in [6, 6.07) is 0. The molecule has 0 radical (unpaired) electrons. The Bertz CT molecular complexity index is 418. The molecule has 0 heterocycles. The van der Waals surface area contributed by atoms with Crippen molar-refractivity contribution in [3.63, 3.8) is 0 Å². The molecule has 0 aliphatic heterocycles. The van der Waals surface area contributed by atoms with E-state index in [1.54, 1.807) is 20.8 Å². The Labute approximate surface area is 137 Å². The Balaban J connectivity index is 3.27. The summed E-state index contributed by atoms with van der Waals surface area (Å²) in [7, 11) is -3.98. The van der Waals surface area contributed by atoms with Gasteiger partial charge in [0.25, 0.3) is 10.1 Å². The number of alkyl carbamates (subject to hydrolysis) is 1. The second kappa shape index (κ2) is 11.6. The standard InChI is InChI=1S/C13H27NO8S/c1-13(2,3)22-12(15)14-4-5-19-6-7-20-8-9-21-10-11-23(16,17)18/h4-11H2,1-3H3,(H,14,15)(H,16,17,18). The van der Waals surface area contributed by atoms with Crippen LogP contribution in [0.4, 0.5) is 4.79 Å². The highest BCUT2D eigenvalue weighted by Crippen LogP contribution is 2.05. The van der Waals surface area contributed by atoms with E-state index in [9.17, 15) is 13.2 Å². The summed E-state index contributed by atoms with van der Waals surface area (Å²) in [4.78, 5) is 11.3. The molecule has 0 aliphatic rings. The zero-order valence-electron chi connectivity index (χ0n) is 13.9. The smallest absolute Gasteiger partial charge is 0.407 e. The van der Waals surface area contributed by atoms with Gasteiger partial charge in [0.1, 0.15) is 5.60 Å². The normalized spacial score (nSPS) is 12.2. The van der Waals surface area contributed by atoms with Gasteiger partial charge in [0.2, 0.25) is 0 Å². The third-order valence-electron chi connectivity index (χ3n) is 2.14. The van der Waals surface area contributed by atoms with Gasteiger partial charge < -0.3 is 24.3 Å². The average molecular weight is 357 g/mol. The van der Waals surface area contributed by atoms with Gasteiger partial charge in [0, 0.05) is 6.54 Å². The number of ether oxygens (including phenoxy) is 4. The Kier molecular flexibility index (Phi) is 11.1. The van der Waals surface area contributed by atoms with Gasteiger partial charge in [0.05, 0.1) is 45.4 Å². The quantitative estimate of drug-likeness (QED) is 0.381. The number of nitrogens with one attached hydrogen (secondary N) is 1. The van der Waals surface area contributed by atoms with E-state index in [4.69, 9.17) is 23.5 Å². The fourth-order valence-electron chi connectivity index (χ4n) is 1.25. The highest BCUT2D eigenvalue weighted by atomic mass is 32.2. The van der Waals surface area contributed by atoms with E-state index in [2.05, 4.69) is 5.32 Å². The van der Waals surface area contributed by atoms with Crippen LogP contribution in [0.3, 0.4) is 0 Å². The molecule has 0 aromatic rings. The van der Waals surface area contributed by atoms with Crippen LogP contribution in [0.15, 0.2) is 0 Å². The third-order valence-corrected chi connectivity index (χ3v) is 2.83. The van der Waals surface area contributed by atoms with E-state index in [1.165, 1.54) is 0 Å². The highest BCUT2D eigenvalue weighted by Gasteiger charge is 2.15. The lowest BCUT2D eigenvalue weighted by Crippen LogP contribution is -2.34. The van der Waals surface area contributed by atoms with Gasteiger partial charge in [-0.2, -0.15) is 8.42 Å². The van der Waals surface area contributed by atoms with Gasteiger partial charge in [-0.1, -0.05) is 0 Å². The molecule has 0 saturated carbocycles. The summed E-state index contributed by atoms with van der Waals surface area (Å²) in [5.74, 6) is -0.430. The maximum Gasteiger partial charge on any atom is 0.407 e. The zero-order chi connectivity index (χ0) is 17.8. The summed E-state index contributed by atoms with van der Waals surface area (Å²) in [5, 5.41) is 2.56. The molecule has 0 spiro atoms. The van der Waals surface area contributed by atoms with Gasteiger partial charge in [-0.3, -0.25) is 4.55 Å². The number of carbonyl (C=O) groups is 1. The minimum absolute atomic E-state index is 0.0744. The Morgan fingerprint density at radius 2 is 1.43 bits per heavy atom. The third kappa shape index (κ3) is 19.0. The predicted molar refractivity (Wildman–Crippen MR) is 83.1 cm³/mol. The van der Waals surface area contributed by atoms with E-state index in [-0.39, 0.29) is 13.2 Å². The lowest BCUT2D eigenvalue weighted by molar-refractivity contribution is 0.0164. The molecule has 0 aromatic heterocycles. The Morgan fingerprint density at radius 3 is 1.91 bits per heavy atom. The summed E-state index contributed by atoms with van der Waals surface area (Å²) in [6.45, 7) is 7.21. The van der Waals surface area contributed by atoms with Crippen LogP contribution in [0.2, 0.25) is 0 Å². The molecule has 0 rings (SSSR count). The second-order valence-electron chi connectivity index (χ2n) is 5.55. The van der Waals surface area contributed by atoms with E-state index < -0.39 is 27.6 Å². The van der Waals surface area contributed by atoms with Crippen molar-refractivity contribution >= 4 is 16.2 Å². The molecular formula is C13H27NO8S. The fourth-order valence-corrected chi connectivity index (χ4v) is 1.57. The first kappa shape index (κ1) is 22.1. The minimum Gasteiger partial charge on any atom is -0.444 e. The van der Waals surface area contributed by atoms with E-state index in [1.807, 2.05) is 0 Å². The highest BCUT2D eigenvalue weighted by molar-refractivity contribution is 7.85. The van der Waals surface area contributed by atoms with Crippen LogP contribution in [0.1, 0.15) is 20.8 Å². The van der Waals surface area contributed by atoms with Crippen molar-refractivity contribution in [2.45, 2.75) is 26.4 Å². The van der Waals surface area contributed by atoms with E-state index >= 15 is 0 Å². The molecular weight excluding hydrogens is 330 g/mol. The van der Waals surface area contributed by atoms with Crippen LogP contribution >= 0.6 is 0 Å².